The Morgan fingerprint density at radius 2 is 1.54 bits per heavy atom. The van der Waals surface area contributed by atoms with Crippen LogP contribution in [0.3, 0.4) is 0 Å². The molecule has 5 rings (SSSR count). The molecule has 118 valence electrons. The van der Waals surface area contributed by atoms with Crippen molar-refractivity contribution in [3.05, 3.63) is 77.9 Å². The van der Waals surface area contributed by atoms with Crippen molar-refractivity contribution in [2.75, 3.05) is 5.32 Å². The number of H-pyrrole nitrogens is 1. The molecule has 4 aromatic rings. The quantitative estimate of drug-likeness (QED) is 0.459. The van der Waals surface area contributed by atoms with Crippen LogP contribution in [0.25, 0.3) is 21.8 Å². The number of aromatic nitrogens is 1. The van der Waals surface area contributed by atoms with E-state index in [1.807, 2.05) is 0 Å². The van der Waals surface area contributed by atoms with Crippen molar-refractivity contribution >= 4 is 27.5 Å². The molecular weight excluding hydrogens is 292 g/mol. The first-order chi connectivity index (χ1) is 11.7. The van der Waals surface area contributed by atoms with Gasteiger partial charge in [-0.05, 0) is 23.3 Å². The number of hydrogen-bond acceptors (Lipinski definition) is 1. The molecule has 0 saturated heterocycles. The summed E-state index contributed by atoms with van der Waals surface area (Å²) in [5.41, 5.74) is 6.46. The molecule has 1 aliphatic rings. The van der Waals surface area contributed by atoms with Crippen LogP contribution in [0.15, 0.2) is 66.7 Å². The van der Waals surface area contributed by atoms with E-state index in [-0.39, 0.29) is 11.5 Å². The maximum absolute atomic E-state index is 3.84. The van der Waals surface area contributed by atoms with Gasteiger partial charge in [-0.1, -0.05) is 68.4 Å². The molecule has 2 nitrogen and oxygen atoms in total. The second-order valence-electron chi connectivity index (χ2n) is 7.29. The lowest BCUT2D eigenvalue weighted by atomic mass is 9.77. The molecule has 3 aromatic carbocycles. The van der Waals surface area contributed by atoms with E-state index in [1.165, 1.54) is 38.6 Å². The van der Waals surface area contributed by atoms with Crippen LogP contribution in [-0.4, -0.2) is 4.98 Å². The van der Waals surface area contributed by atoms with Crippen LogP contribution in [0.5, 0.6) is 0 Å². The van der Waals surface area contributed by atoms with Gasteiger partial charge in [0.1, 0.15) is 0 Å². The third-order valence-electron chi connectivity index (χ3n) is 5.51. The molecule has 2 heterocycles. The molecule has 2 N–H and O–H groups in total. The Bertz CT molecular complexity index is 1060. The molecular formula is C22H20N2. The number of rotatable bonds is 1. The van der Waals surface area contributed by atoms with Gasteiger partial charge in [-0.25, -0.2) is 0 Å². The Morgan fingerprint density at radius 3 is 2.38 bits per heavy atom. The number of fused-ring (bicyclic) bond motifs is 5. The fourth-order valence-electron chi connectivity index (χ4n) is 4.25. The predicted molar refractivity (Wildman–Crippen MR) is 102 cm³/mol. The Balaban J connectivity index is 1.79. The van der Waals surface area contributed by atoms with E-state index in [0.717, 1.165) is 0 Å². The van der Waals surface area contributed by atoms with Crippen LogP contribution in [-0.2, 0) is 5.41 Å². The zero-order valence-corrected chi connectivity index (χ0v) is 13.9. The van der Waals surface area contributed by atoms with E-state index in [4.69, 9.17) is 0 Å². The number of para-hydroxylation sites is 1. The summed E-state index contributed by atoms with van der Waals surface area (Å²) in [6.45, 7) is 4.67. The average Bonchev–Trinajstić information content (AvgIpc) is 3.10. The van der Waals surface area contributed by atoms with Gasteiger partial charge in [-0.2, -0.15) is 0 Å². The Hall–Kier alpha value is -2.74. The second kappa shape index (κ2) is 4.64. The second-order valence-corrected chi connectivity index (χ2v) is 7.29. The Morgan fingerprint density at radius 1 is 0.792 bits per heavy atom. The fraction of sp³-hybridized carbons (Fsp3) is 0.182. The van der Waals surface area contributed by atoms with E-state index >= 15 is 0 Å². The predicted octanol–water partition coefficient (Wildman–Crippen LogP) is 5.77. The first-order valence-electron chi connectivity index (χ1n) is 8.51. The van der Waals surface area contributed by atoms with E-state index in [9.17, 15) is 0 Å². The van der Waals surface area contributed by atoms with E-state index in [2.05, 4.69) is 90.9 Å². The number of anilines is 1. The van der Waals surface area contributed by atoms with Crippen LogP contribution in [0.2, 0.25) is 0 Å². The molecule has 0 bridgehead atoms. The molecule has 0 radical (unpaired) electrons. The van der Waals surface area contributed by atoms with Crippen molar-refractivity contribution in [1.29, 1.82) is 0 Å². The highest BCUT2D eigenvalue weighted by Crippen LogP contribution is 2.51. The van der Waals surface area contributed by atoms with E-state index in [1.54, 1.807) is 0 Å². The van der Waals surface area contributed by atoms with Crippen LogP contribution >= 0.6 is 0 Å². The maximum atomic E-state index is 3.84. The summed E-state index contributed by atoms with van der Waals surface area (Å²) >= 11 is 0. The van der Waals surface area contributed by atoms with Gasteiger partial charge in [0.25, 0.3) is 0 Å². The highest BCUT2D eigenvalue weighted by molar-refractivity contribution is 6.14. The van der Waals surface area contributed by atoms with Gasteiger partial charge in [-0.15, -0.1) is 0 Å². The van der Waals surface area contributed by atoms with Gasteiger partial charge in [-0.3, -0.25) is 0 Å². The van der Waals surface area contributed by atoms with E-state index in [0.29, 0.717) is 0 Å². The number of benzene rings is 3. The van der Waals surface area contributed by atoms with Crippen LogP contribution in [0.4, 0.5) is 5.69 Å². The number of nitrogens with one attached hydrogen (secondary N) is 2. The van der Waals surface area contributed by atoms with Crippen molar-refractivity contribution in [1.82, 2.24) is 4.98 Å². The molecule has 0 fully saturated rings. The summed E-state index contributed by atoms with van der Waals surface area (Å²) in [5, 5.41) is 6.45. The minimum absolute atomic E-state index is 0.0449. The van der Waals surface area contributed by atoms with Crippen LogP contribution < -0.4 is 5.32 Å². The van der Waals surface area contributed by atoms with Crippen molar-refractivity contribution < 1.29 is 0 Å². The largest absolute Gasteiger partial charge is 0.377 e. The van der Waals surface area contributed by atoms with Gasteiger partial charge in [0.05, 0.1) is 6.04 Å². The first kappa shape index (κ1) is 13.7. The zero-order chi connectivity index (χ0) is 16.3. The molecule has 2 heteroatoms. The van der Waals surface area contributed by atoms with Gasteiger partial charge < -0.3 is 10.3 Å². The number of hydrogen-bond donors (Lipinski definition) is 2. The molecule has 0 saturated carbocycles. The SMILES string of the molecule is CC1(C)c2ccc3[nH]c4ccccc4c3c2NC1c1ccccc1. The lowest BCUT2D eigenvalue weighted by Gasteiger charge is -2.28. The third-order valence-corrected chi connectivity index (χ3v) is 5.51. The molecule has 0 amide bonds. The molecule has 1 aromatic heterocycles. The van der Waals surface area contributed by atoms with Gasteiger partial charge in [0.15, 0.2) is 0 Å². The molecule has 1 aliphatic heterocycles. The normalized spacial score (nSPS) is 18.7. The van der Waals surface area contributed by atoms with Gasteiger partial charge in [0, 0.05) is 32.9 Å². The minimum atomic E-state index is 0.0449. The number of aromatic amines is 1. The standard InChI is InChI=1S/C22H20N2/c1-22(2)16-12-13-18-19(15-10-6-7-11-17(15)23-18)20(16)24-21(22)14-8-4-3-5-9-14/h3-13,21,23-24H,1-2H3. The van der Waals surface area contributed by atoms with Crippen LogP contribution in [0, 0.1) is 0 Å². The van der Waals surface area contributed by atoms with Gasteiger partial charge in [0.2, 0.25) is 0 Å². The minimum Gasteiger partial charge on any atom is -0.377 e. The molecule has 0 spiro atoms. The van der Waals surface area contributed by atoms with Gasteiger partial charge >= 0.3 is 0 Å². The van der Waals surface area contributed by atoms with Crippen molar-refractivity contribution in [2.45, 2.75) is 25.3 Å². The smallest absolute Gasteiger partial charge is 0.0606 e. The fourth-order valence-corrected chi connectivity index (χ4v) is 4.25. The highest BCUT2D eigenvalue weighted by atomic mass is 15.0. The monoisotopic (exact) mass is 312 g/mol. The van der Waals surface area contributed by atoms with Crippen molar-refractivity contribution in [2.24, 2.45) is 0 Å². The first-order valence-corrected chi connectivity index (χ1v) is 8.51. The summed E-state index contributed by atoms with van der Waals surface area (Å²) in [4.78, 5) is 3.55. The lowest BCUT2D eigenvalue weighted by molar-refractivity contribution is 0.474. The summed E-state index contributed by atoms with van der Waals surface area (Å²) in [6, 6.07) is 24.1. The molecule has 1 unspecified atom stereocenters. The molecule has 24 heavy (non-hydrogen) atoms. The Kier molecular flexibility index (Phi) is 2.64. The summed E-state index contributed by atoms with van der Waals surface area (Å²) in [6.07, 6.45) is 0. The summed E-state index contributed by atoms with van der Waals surface area (Å²) in [5.74, 6) is 0. The molecule has 0 aliphatic carbocycles. The van der Waals surface area contributed by atoms with Crippen molar-refractivity contribution in [3.63, 3.8) is 0 Å². The maximum Gasteiger partial charge on any atom is 0.0606 e. The zero-order valence-electron chi connectivity index (χ0n) is 13.9. The lowest BCUT2D eigenvalue weighted by Crippen LogP contribution is -2.25. The topological polar surface area (TPSA) is 27.8 Å². The van der Waals surface area contributed by atoms with E-state index < -0.39 is 0 Å². The Labute approximate surface area is 141 Å². The highest BCUT2D eigenvalue weighted by Gasteiger charge is 2.41. The summed E-state index contributed by atoms with van der Waals surface area (Å²) in [7, 11) is 0. The average molecular weight is 312 g/mol. The molecule has 1 atom stereocenters. The van der Waals surface area contributed by atoms with Crippen molar-refractivity contribution in [3.8, 4) is 0 Å². The summed E-state index contributed by atoms with van der Waals surface area (Å²) < 4.78 is 0. The third kappa shape index (κ3) is 1.71. The van der Waals surface area contributed by atoms with Crippen LogP contribution in [0.1, 0.15) is 31.0 Å².